The molecule has 0 saturated carbocycles. The van der Waals surface area contributed by atoms with Crippen LogP contribution in [0.5, 0.6) is 0 Å². The summed E-state index contributed by atoms with van der Waals surface area (Å²) in [5.41, 5.74) is 0.215. The van der Waals surface area contributed by atoms with Crippen molar-refractivity contribution in [1.29, 1.82) is 0 Å². The fourth-order valence-corrected chi connectivity index (χ4v) is 2.83. The Bertz CT molecular complexity index is 516. The number of imide groups is 1. The van der Waals surface area contributed by atoms with Crippen molar-refractivity contribution in [2.75, 3.05) is 12.3 Å². The SMILES string of the molecule is CC1(C)NC(=O)N(CCSCc2ccc(F)cc2)C1=O. The molecular formula is C14H17FN2O2S. The summed E-state index contributed by atoms with van der Waals surface area (Å²) < 4.78 is 12.7. The highest BCUT2D eigenvalue weighted by molar-refractivity contribution is 7.98. The molecule has 1 saturated heterocycles. The second-order valence-electron chi connectivity index (χ2n) is 5.19. The third-order valence-corrected chi connectivity index (χ3v) is 4.09. The Morgan fingerprint density at radius 2 is 1.90 bits per heavy atom. The fourth-order valence-electron chi connectivity index (χ4n) is 1.95. The molecule has 0 radical (unpaired) electrons. The quantitative estimate of drug-likeness (QED) is 0.670. The monoisotopic (exact) mass is 296 g/mol. The van der Waals surface area contributed by atoms with Crippen LogP contribution >= 0.6 is 11.8 Å². The molecule has 0 spiro atoms. The number of benzene rings is 1. The number of hydrogen-bond acceptors (Lipinski definition) is 3. The second kappa shape index (κ2) is 5.83. The van der Waals surface area contributed by atoms with Gasteiger partial charge in [0.1, 0.15) is 11.4 Å². The van der Waals surface area contributed by atoms with Crippen LogP contribution < -0.4 is 5.32 Å². The van der Waals surface area contributed by atoms with Gasteiger partial charge in [-0.25, -0.2) is 9.18 Å². The summed E-state index contributed by atoms with van der Waals surface area (Å²) in [6.45, 7) is 3.78. The van der Waals surface area contributed by atoms with Gasteiger partial charge in [-0.2, -0.15) is 11.8 Å². The molecule has 1 aromatic rings. The lowest BCUT2D eigenvalue weighted by molar-refractivity contribution is -0.130. The fraction of sp³-hybridized carbons (Fsp3) is 0.429. The van der Waals surface area contributed by atoms with Crippen LogP contribution in [-0.2, 0) is 10.5 Å². The van der Waals surface area contributed by atoms with Crippen molar-refractivity contribution in [2.24, 2.45) is 0 Å². The van der Waals surface area contributed by atoms with E-state index in [1.54, 1.807) is 37.7 Å². The number of nitrogens with zero attached hydrogens (tertiary/aromatic N) is 1. The Labute approximate surface area is 121 Å². The molecular weight excluding hydrogens is 279 g/mol. The van der Waals surface area contributed by atoms with E-state index in [4.69, 9.17) is 0 Å². The highest BCUT2D eigenvalue weighted by atomic mass is 32.2. The lowest BCUT2D eigenvalue weighted by Crippen LogP contribution is -2.40. The summed E-state index contributed by atoms with van der Waals surface area (Å²) >= 11 is 1.61. The van der Waals surface area contributed by atoms with E-state index in [1.807, 2.05) is 0 Å². The predicted molar refractivity (Wildman–Crippen MR) is 76.9 cm³/mol. The summed E-state index contributed by atoms with van der Waals surface area (Å²) in [5.74, 6) is 0.949. The zero-order chi connectivity index (χ0) is 14.8. The van der Waals surface area contributed by atoms with Crippen LogP contribution in [0, 0.1) is 5.82 Å². The normalized spacial score (nSPS) is 17.4. The van der Waals surface area contributed by atoms with E-state index in [0.29, 0.717) is 12.3 Å². The second-order valence-corrected chi connectivity index (χ2v) is 6.30. The van der Waals surface area contributed by atoms with Crippen molar-refractivity contribution >= 4 is 23.7 Å². The van der Waals surface area contributed by atoms with E-state index >= 15 is 0 Å². The van der Waals surface area contributed by atoms with Crippen LogP contribution in [0.1, 0.15) is 19.4 Å². The first kappa shape index (κ1) is 14.8. The van der Waals surface area contributed by atoms with Gasteiger partial charge in [0, 0.05) is 18.1 Å². The van der Waals surface area contributed by atoms with E-state index in [1.165, 1.54) is 17.0 Å². The lowest BCUT2D eigenvalue weighted by Gasteiger charge is -2.15. The average molecular weight is 296 g/mol. The molecule has 0 aromatic heterocycles. The molecule has 108 valence electrons. The maximum absolute atomic E-state index is 12.7. The molecule has 6 heteroatoms. The summed E-state index contributed by atoms with van der Waals surface area (Å²) in [6, 6.07) is 5.99. The molecule has 0 aliphatic carbocycles. The number of halogens is 1. The molecule has 2 rings (SSSR count). The number of thioether (sulfide) groups is 1. The van der Waals surface area contributed by atoms with Crippen LogP contribution in [0.3, 0.4) is 0 Å². The average Bonchev–Trinajstić information content (AvgIpc) is 2.58. The predicted octanol–water partition coefficient (Wildman–Crippen LogP) is 2.39. The number of hydrogen-bond donors (Lipinski definition) is 1. The highest BCUT2D eigenvalue weighted by Crippen LogP contribution is 2.18. The van der Waals surface area contributed by atoms with Crippen molar-refractivity contribution < 1.29 is 14.0 Å². The van der Waals surface area contributed by atoms with Crippen molar-refractivity contribution in [1.82, 2.24) is 10.2 Å². The molecule has 1 heterocycles. The maximum Gasteiger partial charge on any atom is 0.325 e. The molecule has 1 aromatic carbocycles. The van der Waals surface area contributed by atoms with Gasteiger partial charge in [0.25, 0.3) is 5.91 Å². The number of urea groups is 1. The molecule has 1 aliphatic heterocycles. The minimum absolute atomic E-state index is 0.190. The molecule has 1 fully saturated rings. The number of rotatable bonds is 5. The van der Waals surface area contributed by atoms with Gasteiger partial charge in [-0.1, -0.05) is 12.1 Å². The Hall–Kier alpha value is -1.56. The van der Waals surface area contributed by atoms with Crippen LogP contribution in [0.4, 0.5) is 9.18 Å². The van der Waals surface area contributed by atoms with Gasteiger partial charge in [-0.05, 0) is 31.5 Å². The van der Waals surface area contributed by atoms with Gasteiger partial charge < -0.3 is 5.32 Å². The summed E-state index contributed by atoms with van der Waals surface area (Å²) in [5, 5.41) is 2.64. The van der Waals surface area contributed by atoms with Crippen molar-refractivity contribution in [2.45, 2.75) is 25.1 Å². The van der Waals surface area contributed by atoms with E-state index in [9.17, 15) is 14.0 Å². The first-order valence-corrected chi connectivity index (χ1v) is 7.52. The lowest BCUT2D eigenvalue weighted by atomic mass is 10.1. The van der Waals surface area contributed by atoms with Crippen molar-refractivity contribution in [3.05, 3.63) is 35.6 Å². The van der Waals surface area contributed by atoms with Gasteiger partial charge in [0.05, 0.1) is 0 Å². The van der Waals surface area contributed by atoms with E-state index in [-0.39, 0.29) is 17.8 Å². The largest absolute Gasteiger partial charge is 0.325 e. The van der Waals surface area contributed by atoms with Gasteiger partial charge in [-0.3, -0.25) is 9.69 Å². The summed E-state index contributed by atoms with van der Waals surface area (Å²) in [4.78, 5) is 24.8. The first-order chi connectivity index (χ1) is 9.40. The van der Waals surface area contributed by atoms with Crippen LogP contribution in [-0.4, -0.2) is 34.7 Å². The third-order valence-electron chi connectivity index (χ3n) is 3.09. The van der Waals surface area contributed by atoms with Gasteiger partial charge >= 0.3 is 6.03 Å². The highest BCUT2D eigenvalue weighted by Gasteiger charge is 2.43. The molecule has 4 nitrogen and oxygen atoms in total. The first-order valence-electron chi connectivity index (χ1n) is 6.36. The summed E-state index contributed by atoms with van der Waals surface area (Å²) in [7, 11) is 0. The molecule has 3 amide bonds. The minimum atomic E-state index is -0.807. The standard InChI is InChI=1S/C14H17FN2O2S/c1-14(2)12(18)17(13(19)16-14)7-8-20-9-10-3-5-11(15)6-4-10/h3-6H,7-9H2,1-2H3,(H,16,19). The van der Waals surface area contributed by atoms with Gasteiger partial charge in [0.2, 0.25) is 0 Å². The van der Waals surface area contributed by atoms with Crippen LogP contribution in [0.15, 0.2) is 24.3 Å². The molecule has 0 atom stereocenters. The third kappa shape index (κ3) is 3.30. The number of carbonyl (C=O) groups excluding carboxylic acids is 2. The number of nitrogens with one attached hydrogen (secondary N) is 1. The van der Waals surface area contributed by atoms with Gasteiger partial charge in [0.15, 0.2) is 0 Å². The smallest absolute Gasteiger partial charge is 0.324 e. The van der Waals surface area contributed by atoms with E-state index in [2.05, 4.69) is 5.32 Å². The Balaban J connectivity index is 1.78. The zero-order valence-electron chi connectivity index (χ0n) is 11.5. The van der Waals surface area contributed by atoms with Crippen molar-refractivity contribution in [3.63, 3.8) is 0 Å². The zero-order valence-corrected chi connectivity index (χ0v) is 12.3. The molecule has 0 bridgehead atoms. The number of carbonyl (C=O) groups is 2. The van der Waals surface area contributed by atoms with Crippen LogP contribution in [0.25, 0.3) is 0 Å². The van der Waals surface area contributed by atoms with E-state index in [0.717, 1.165) is 11.3 Å². The van der Waals surface area contributed by atoms with E-state index < -0.39 is 5.54 Å². The maximum atomic E-state index is 12.7. The Morgan fingerprint density at radius 1 is 1.25 bits per heavy atom. The molecule has 0 unspecified atom stereocenters. The van der Waals surface area contributed by atoms with Crippen LogP contribution in [0.2, 0.25) is 0 Å². The molecule has 1 N–H and O–H groups in total. The number of amides is 3. The Kier molecular flexibility index (Phi) is 4.32. The topological polar surface area (TPSA) is 49.4 Å². The van der Waals surface area contributed by atoms with Crippen molar-refractivity contribution in [3.8, 4) is 0 Å². The Morgan fingerprint density at radius 3 is 2.45 bits per heavy atom. The minimum Gasteiger partial charge on any atom is -0.324 e. The molecule has 20 heavy (non-hydrogen) atoms. The van der Waals surface area contributed by atoms with Gasteiger partial charge in [-0.15, -0.1) is 0 Å². The summed E-state index contributed by atoms with van der Waals surface area (Å²) in [6.07, 6.45) is 0. The molecule has 1 aliphatic rings.